The molecule has 3 N–H and O–H groups in total. The lowest BCUT2D eigenvalue weighted by Gasteiger charge is -2.11. The van der Waals surface area contributed by atoms with E-state index in [0.717, 1.165) is 31.9 Å². The maximum Gasteiger partial charge on any atom is 0.191 e. The minimum absolute atomic E-state index is 0. The molecule has 0 spiro atoms. The van der Waals surface area contributed by atoms with Crippen LogP contribution in [0, 0.1) is 0 Å². The molecule has 0 fully saturated rings. The fraction of sp³-hybridized carbons (Fsp3) is 0.250. The number of aromatic amines is 1. The summed E-state index contributed by atoms with van der Waals surface area (Å²) in [6.45, 7) is 1.68. The van der Waals surface area contributed by atoms with Gasteiger partial charge in [0.15, 0.2) is 5.96 Å². The fourth-order valence-electron chi connectivity index (χ4n) is 2.83. The fourth-order valence-corrected chi connectivity index (χ4v) is 2.83. The smallest absolute Gasteiger partial charge is 0.191 e. The van der Waals surface area contributed by atoms with Gasteiger partial charge < -0.3 is 15.6 Å². The van der Waals surface area contributed by atoms with Crippen LogP contribution >= 0.6 is 24.0 Å². The van der Waals surface area contributed by atoms with Crippen LogP contribution in [-0.2, 0) is 13.0 Å². The lowest BCUT2D eigenvalue weighted by molar-refractivity contribution is 0.744. The monoisotopic (exact) mass is 448 g/mol. The lowest BCUT2D eigenvalue weighted by Crippen LogP contribution is -2.37. The minimum atomic E-state index is 0. The maximum absolute atomic E-state index is 4.28. The van der Waals surface area contributed by atoms with Crippen molar-refractivity contribution >= 4 is 40.8 Å². The number of hydrogen-bond acceptors (Lipinski definition) is 1. The van der Waals surface area contributed by atoms with Gasteiger partial charge in [0.05, 0.1) is 0 Å². The number of nitrogens with one attached hydrogen (secondary N) is 3. The molecule has 0 aliphatic heterocycles. The zero-order chi connectivity index (χ0) is 16.6. The number of aromatic nitrogens is 1. The molecule has 0 unspecified atom stereocenters. The molecular formula is C20H25IN4. The second-order valence-corrected chi connectivity index (χ2v) is 5.80. The highest BCUT2D eigenvalue weighted by atomic mass is 127. The molecule has 0 aliphatic rings. The van der Waals surface area contributed by atoms with E-state index < -0.39 is 0 Å². The Kier molecular flexibility index (Phi) is 7.78. The van der Waals surface area contributed by atoms with Crippen molar-refractivity contribution in [3.63, 3.8) is 0 Å². The van der Waals surface area contributed by atoms with Gasteiger partial charge >= 0.3 is 0 Å². The van der Waals surface area contributed by atoms with Gasteiger partial charge in [-0.05, 0) is 30.0 Å². The maximum atomic E-state index is 4.28. The SMILES string of the molecule is CN=C(NCCCc1c[nH]c2ccccc12)NCc1ccccc1.I. The molecule has 1 heterocycles. The Morgan fingerprint density at radius 2 is 1.76 bits per heavy atom. The molecule has 3 aromatic rings. The topological polar surface area (TPSA) is 52.2 Å². The molecule has 0 saturated heterocycles. The molecule has 0 aliphatic carbocycles. The van der Waals surface area contributed by atoms with Crippen molar-refractivity contribution in [2.24, 2.45) is 4.99 Å². The van der Waals surface area contributed by atoms with E-state index >= 15 is 0 Å². The largest absolute Gasteiger partial charge is 0.361 e. The minimum Gasteiger partial charge on any atom is -0.361 e. The number of para-hydroxylation sites is 1. The molecular weight excluding hydrogens is 423 g/mol. The van der Waals surface area contributed by atoms with E-state index in [0.29, 0.717) is 0 Å². The number of aliphatic imine (C=N–C) groups is 1. The van der Waals surface area contributed by atoms with Crippen molar-refractivity contribution < 1.29 is 0 Å². The van der Waals surface area contributed by atoms with Crippen LogP contribution in [0.2, 0.25) is 0 Å². The van der Waals surface area contributed by atoms with Gasteiger partial charge in [-0.25, -0.2) is 0 Å². The summed E-state index contributed by atoms with van der Waals surface area (Å²) < 4.78 is 0. The number of nitrogens with zero attached hydrogens (tertiary/aromatic N) is 1. The van der Waals surface area contributed by atoms with Crippen LogP contribution in [0.1, 0.15) is 17.5 Å². The molecule has 25 heavy (non-hydrogen) atoms. The van der Waals surface area contributed by atoms with Gasteiger partial charge in [-0.15, -0.1) is 24.0 Å². The predicted molar refractivity (Wildman–Crippen MR) is 117 cm³/mol. The molecule has 0 atom stereocenters. The van der Waals surface area contributed by atoms with Crippen molar-refractivity contribution in [2.45, 2.75) is 19.4 Å². The summed E-state index contributed by atoms with van der Waals surface area (Å²) in [5.41, 5.74) is 3.83. The third-order valence-electron chi connectivity index (χ3n) is 4.12. The summed E-state index contributed by atoms with van der Waals surface area (Å²) in [6.07, 6.45) is 4.23. The molecule has 0 radical (unpaired) electrons. The summed E-state index contributed by atoms with van der Waals surface area (Å²) in [7, 11) is 1.81. The first-order chi connectivity index (χ1) is 11.9. The number of H-pyrrole nitrogens is 1. The molecule has 5 heteroatoms. The van der Waals surface area contributed by atoms with E-state index in [1.807, 2.05) is 6.07 Å². The first-order valence-corrected chi connectivity index (χ1v) is 8.40. The van der Waals surface area contributed by atoms with Crippen LogP contribution in [0.25, 0.3) is 10.9 Å². The van der Waals surface area contributed by atoms with Gasteiger partial charge in [0, 0.05) is 37.2 Å². The van der Waals surface area contributed by atoms with Crippen LogP contribution in [-0.4, -0.2) is 24.5 Å². The number of aryl methyl sites for hydroxylation is 1. The summed E-state index contributed by atoms with van der Waals surface area (Å²) >= 11 is 0. The number of fused-ring (bicyclic) bond motifs is 1. The Balaban J connectivity index is 0.00000225. The summed E-state index contributed by atoms with van der Waals surface area (Å²) in [6, 6.07) is 18.8. The Bertz CT molecular complexity index is 796. The van der Waals surface area contributed by atoms with Gasteiger partial charge in [0.25, 0.3) is 0 Å². The first-order valence-electron chi connectivity index (χ1n) is 8.40. The van der Waals surface area contributed by atoms with Crippen molar-refractivity contribution in [2.75, 3.05) is 13.6 Å². The second-order valence-electron chi connectivity index (χ2n) is 5.80. The average Bonchev–Trinajstić information content (AvgIpc) is 3.05. The predicted octanol–water partition coefficient (Wildman–Crippen LogP) is 4.08. The summed E-state index contributed by atoms with van der Waals surface area (Å²) in [4.78, 5) is 7.61. The Morgan fingerprint density at radius 1 is 1.00 bits per heavy atom. The Morgan fingerprint density at radius 3 is 2.56 bits per heavy atom. The first kappa shape index (κ1) is 19.3. The van der Waals surface area contributed by atoms with E-state index in [4.69, 9.17) is 0 Å². The third-order valence-corrected chi connectivity index (χ3v) is 4.12. The van der Waals surface area contributed by atoms with E-state index in [9.17, 15) is 0 Å². The third kappa shape index (κ3) is 5.49. The van der Waals surface area contributed by atoms with E-state index in [-0.39, 0.29) is 24.0 Å². The molecule has 0 bridgehead atoms. The normalized spacial score (nSPS) is 11.2. The molecule has 132 valence electrons. The molecule has 0 amide bonds. The average molecular weight is 448 g/mol. The standard InChI is InChI=1S/C20H24N4.HI/c1-21-20(24-14-16-8-3-2-4-9-16)22-13-7-10-17-15-23-19-12-6-5-11-18(17)19;/h2-6,8-9,11-12,15,23H,7,10,13-14H2,1H3,(H2,21,22,24);1H. The lowest BCUT2D eigenvalue weighted by atomic mass is 10.1. The molecule has 1 aromatic heterocycles. The van der Waals surface area contributed by atoms with Crippen molar-refractivity contribution in [1.82, 2.24) is 15.6 Å². The quantitative estimate of drug-likeness (QED) is 0.230. The van der Waals surface area contributed by atoms with Gasteiger partial charge in [-0.1, -0.05) is 48.5 Å². The van der Waals surface area contributed by atoms with Crippen LogP contribution in [0.3, 0.4) is 0 Å². The van der Waals surface area contributed by atoms with Gasteiger partial charge in [0.2, 0.25) is 0 Å². The van der Waals surface area contributed by atoms with Gasteiger partial charge in [0.1, 0.15) is 0 Å². The van der Waals surface area contributed by atoms with E-state index in [1.54, 1.807) is 7.05 Å². The highest BCUT2D eigenvalue weighted by Crippen LogP contribution is 2.18. The van der Waals surface area contributed by atoms with Crippen LogP contribution in [0.5, 0.6) is 0 Å². The van der Waals surface area contributed by atoms with Crippen LogP contribution in [0.4, 0.5) is 0 Å². The highest BCUT2D eigenvalue weighted by Gasteiger charge is 2.03. The van der Waals surface area contributed by atoms with E-state index in [1.165, 1.54) is 22.0 Å². The molecule has 4 nitrogen and oxygen atoms in total. The zero-order valence-corrected chi connectivity index (χ0v) is 16.8. The van der Waals surface area contributed by atoms with Crippen molar-refractivity contribution in [3.8, 4) is 0 Å². The van der Waals surface area contributed by atoms with Crippen LogP contribution < -0.4 is 10.6 Å². The molecule has 3 rings (SSSR count). The molecule has 0 saturated carbocycles. The number of hydrogen-bond donors (Lipinski definition) is 3. The second kappa shape index (κ2) is 10.1. The number of rotatable bonds is 6. The van der Waals surface area contributed by atoms with Crippen molar-refractivity contribution in [3.05, 3.63) is 71.9 Å². The zero-order valence-electron chi connectivity index (χ0n) is 14.5. The highest BCUT2D eigenvalue weighted by molar-refractivity contribution is 14.0. The Labute approximate surface area is 166 Å². The summed E-state index contributed by atoms with van der Waals surface area (Å²) in [5, 5.41) is 8.04. The Hall–Kier alpha value is -2.02. The number of benzene rings is 2. The summed E-state index contributed by atoms with van der Waals surface area (Å²) in [5.74, 6) is 0.845. The van der Waals surface area contributed by atoms with Gasteiger partial charge in [-0.3, -0.25) is 4.99 Å². The van der Waals surface area contributed by atoms with Gasteiger partial charge in [-0.2, -0.15) is 0 Å². The number of halogens is 1. The van der Waals surface area contributed by atoms with E-state index in [2.05, 4.69) is 75.3 Å². The van der Waals surface area contributed by atoms with Crippen molar-refractivity contribution in [1.29, 1.82) is 0 Å². The number of guanidine groups is 1. The molecule has 2 aromatic carbocycles. The van der Waals surface area contributed by atoms with Crippen LogP contribution in [0.15, 0.2) is 65.8 Å².